The SMILES string of the molecule is CC(=O)Nc1ccc(C(=O)NCc2ccc(C)cc2C)cc1. The van der Waals surface area contributed by atoms with Crippen molar-refractivity contribution in [1.29, 1.82) is 0 Å². The summed E-state index contributed by atoms with van der Waals surface area (Å²) in [4.78, 5) is 23.1. The van der Waals surface area contributed by atoms with Crippen molar-refractivity contribution in [3.63, 3.8) is 0 Å². The van der Waals surface area contributed by atoms with E-state index in [2.05, 4.69) is 16.7 Å². The van der Waals surface area contributed by atoms with Gasteiger partial charge in [0.1, 0.15) is 0 Å². The van der Waals surface area contributed by atoms with E-state index < -0.39 is 0 Å². The minimum Gasteiger partial charge on any atom is -0.348 e. The molecule has 0 aromatic heterocycles. The van der Waals surface area contributed by atoms with Crippen LogP contribution in [0.1, 0.15) is 34.0 Å². The van der Waals surface area contributed by atoms with Crippen LogP contribution in [0.4, 0.5) is 5.69 Å². The van der Waals surface area contributed by atoms with E-state index in [-0.39, 0.29) is 11.8 Å². The third-order valence-corrected chi connectivity index (χ3v) is 3.40. The molecule has 0 radical (unpaired) electrons. The fourth-order valence-corrected chi connectivity index (χ4v) is 2.23. The molecule has 0 heterocycles. The number of hydrogen-bond acceptors (Lipinski definition) is 2. The summed E-state index contributed by atoms with van der Waals surface area (Å²) in [6.45, 7) is 6.03. The average molecular weight is 296 g/mol. The topological polar surface area (TPSA) is 58.2 Å². The van der Waals surface area contributed by atoms with Crippen molar-refractivity contribution in [3.05, 3.63) is 64.7 Å². The van der Waals surface area contributed by atoms with E-state index in [9.17, 15) is 9.59 Å². The number of aryl methyl sites for hydroxylation is 2. The number of amides is 2. The Hall–Kier alpha value is -2.62. The van der Waals surface area contributed by atoms with Gasteiger partial charge in [0.2, 0.25) is 5.91 Å². The summed E-state index contributed by atoms with van der Waals surface area (Å²) in [5.41, 5.74) is 4.73. The summed E-state index contributed by atoms with van der Waals surface area (Å²) in [5, 5.41) is 5.58. The number of rotatable bonds is 4. The Kier molecular flexibility index (Phi) is 4.94. The van der Waals surface area contributed by atoms with Gasteiger partial charge in [-0.1, -0.05) is 23.8 Å². The lowest BCUT2D eigenvalue weighted by molar-refractivity contribution is -0.114. The fourth-order valence-electron chi connectivity index (χ4n) is 2.23. The van der Waals surface area contributed by atoms with Crippen LogP contribution in [-0.4, -0.2) is 11.8 Å². The Labute approximate surface area is 130 Å². The molecule has 0 bridgehead atoms. The van der Waals surface area contributed by atoms with Gasteiger partial charge in [-0.25, -0.2) is 0 Å². The van der Waals surface area contributed by atoms with E-state index in [4.69, 9.17) is 0 Å². The maximum absolute atomic E-state index is 12.1. The summed E-state index contributed by atoms with van der Waals surface area (Å²) in [6.07, 6.45) is 0. The van der Waals surface area contributed by atoms with Crippen LogP contribution in [0.3, 0.4) is 0 Å². The number of carbonyl (C=O) groups excluding carboxylic acids is 2. The van der Waals surface area contributed by atoms with Gasteiger partial charge in [-0.2, -0.15) is 0 Å². The molecule has 0 spiro atoms. The van der Waals surface area contributed by atoms with Gasteiger partial charge in [0.15, 0.2) is 0 Å². The second-order valence-electron chi connectivity index (χ2n) is 5.37. The molecule has 22 heavy (non-hydrogen) atoms. The van der Waals surface area contributed by atoms with Gasteiger partial charge in [0.05, 0.1) is 0 Å². The van der Waals surface area contributed by atoms with Gasteiger partial charge < -0.3 is 10.6 Å². The van der Waals surface area contributed by atoms with Gasteiger partial charge in [-0.15, -0.1) is 0 Å². The molecular formula is C18H20N2O2. The number of benzene rings is 2. The molecule has 2 aromatic carbocycles. The lowest BCUT2D eigenvalue weighted by Gasteiger charge is -2.09. The number of carbonyl (C=O) groups is 2. The third kappa shape index (κ3) is 4.19. The maximum atomic E-state index is 12.1. The molecule has 2 aromatic rings. The van der Waals surface area contributed by atoms with Gasteiger partial charge >= 0.3 is 0 Å². The predicted molar refractivity (Wildman–Crippen MR) is 87.8 cm³/mol. The highest BCUT2D eigenvalue weighted by atomic mass is 16.2. The molecule has 114 valence electrons. The first-order valence-corrected chi connectivity index (χ1v) is 7.17. The number of hydrogen-bond donors (Lipinski definition) is 2. The first-order chi connectivity index (χ1) is 10.5. The molecule has 4 heteroatoms. The first kappa shape index (κ1) is 15.8. The minimum atomic E-state index is -0.132. The summed E-state index contributed by atoms with van der Waals surface area (Å²) in [7, 11) is 0. The van der Waals surface area contributed by atoms with Crippen molar-refractivity contribution in [2.45, 2.75) is 27.3 Å². The van der Waals surface area contributed by atoms with Gasteiger partial charge in [0.25, 0.3) is 5.91 Å². The van der Waals surface area contributed by atoms with E-state index in [0.29, 0.717) is 17.8 Å². The highest BCUT2D eigenvalue weighted by molar-refractivity contribution is 5.95. The van der Waals surface area contributed by atoms with Crippen LogP contribution in [0.5, 0.6) is 0 Å². The Morgan fingerprint density at radius 1 is 1.00 bits per heavy atom. The van der Waals surface area contributed by atoms with Crippen LogP contribution < -0.4 is 10.6 Å². The van der Waals surface area contributed by atoms with Crippen molar-refractivity contribution < 1.29 is 9.59 Å². The van der Waals surface area contributed by atoms with Crippen molar-refractivity contribution in [2.24, 2.45) is 0 Å². The zero-order chi connectivity index (χ0) is 16.1. The molecule has 2 amide bonds. The van der Waals surface area contributed by atoms with Crippen molar-refractivity contribution in [1.82, 2.24) is 5.32 Å². The Bertz CT molecular complexity index is 691. The van der Waals surface area contributed by atoms with Crippen molar-refractivity contribution >= 4 is 17.5 Å². The number of nitrogens with one attached hydrogen (secondary N) is 2. The molecule has 2 rings (SSSR count). The monoisotopic (exact) mass is 296 g/mol. The summed E-state index contributed by atoms with van der Waals surface area (Å²) >= 11 is 0. The summed E-state index contributed by atoms with van der Waals surface area (Å²) < 4.78 is 0. The standard InChI is InChI=1S/C18H20N2O2/c1-12-4-5-16(13(2)10-12)11-19-18(22)15-6-8-17(9-7-15)20-14(3)21/h4-10H,11H2,1-3H3,(H,19,22)(H,20,21). The molecule has 0 aliphatic heterocycles. The van der Waals surface area contributed by atoms with Crippen LogP contribution >= 0.6 is 0 Å². The minimum absolute atomic E-state index is 0.130. The summed E-state index contributed by atoms with van der Waals surface area (Å²) in [6, 6.07) is 13.0. The zero-order valence-corrected chi connectivity index (χ0v) is 13.1. The maximum Gasteiger partial charge on any atom is 0.251 e. The molecule has 0 aliphatic carbocycles. The van der Waals surface area contributed by atoms with Crippen LogP contribution in [0.25, 0.3) is 0 Å². The summed E-state index contributed by atoms with van der Waals surface area (Å²) in [5.74, 6) is -0.263. The molecular weight excluding hydrogens is 276 g/mol. The largest absolute Gasteiger partial charge is 0.348 e. The van der Waals surface area contributed by atoms with E-state index in [1.165, 1.54) is 18.1 Å². The van der Waals surface area contributed by atoms with Crippen LogP contribution in [-0.2, 0) is 11.3 Å². The van der Waals surface area contributed by atoms with E-state index in [0.717, 1.165) is 5.56 Å². The number of anilines is 1. The quantitative estimate of drug-likeness (QED) is 0.910. The van der Waals surface area contributed by atoms with Crippen LogP contribution in [0.15, 0.2) is 42.5 Å². The smallest absolute Gasteiger partial charge is 0.251 e. The second kappa shape index (κ2) is 6.89. The predicted octanol–water partition coefficient (Wildman–Crippen LogP) is 3.19. The van der Waals surface area contributed by atoms with E-state index in [1.807, 2.05) is 26.0 Å². The molecule has 0 fully saturated rings. The zero-order valence-electron chi connectivity index (χ0n) is 13.1. The molecule has 2 N–H and O–H groups in total. The van der Waals surface area contributed by atoms with Crippen molar-refractivity contribution in [2.75, 3.05) is 5.32 Å². The lowest BCUT2D eigenvalue weighted by Crippen LogP contribution is -2.23. The Balaban J connectivity index is 1.98. The van der Waals surface area contributed by atoms with E-state index in [1.54, 1.807) is 24.3 Å². The third-order valence-electron chi connectivity index (χ3n) is 3.40. The van der Waals surface area contributed by atoms with E-state index >= 15 is 0 Å². The first-order valence-electron chi connectivity index (χ1n) is 7.17. The molecule has 0 aliphatic rings. The average Bonchev–Trinajstić information content (AvgIpc) is 2.46. The normalized spacial score (nSPS) is 10.1. The highest BCUT2D eigenvalue weighted by Gasteiger charge is 2.06. The molecule has 0 unspecified atom stereocenters. The van der Waals surface area contributed by atoms with Gasteiger partial charge in [-0.05, 0) is 49.2 Å². The Morgan fingerprint density at radius 2 is 1.68 bits per heavy atom. The van der Waals surface area contributed by atoms with Gasteiger partial charge in [0, 0.05) is 24.7 Å². The Morgan fingerprint density at radius 3 is 2.27 bits per heavy atom. The molecule has 0 atom stereocenters. The van der Waals surface area contributed by atoms with Crippen molar-refractivity contribution in [3.8, 4) is 0 Å². The van der Waals surface area contributed by atoms with Crippen LogP contribution in [0, 0.1) is 13.8 Å². The molecule has 0 saturated heterocycles. The fraction of sp³-hybridized carbons (Fsp3) is 0.222. The molecule has 0 saturated carbocycles. The highest BCUT2D eigenvalue weighted by Crippen LogP contribution is 2.12. The van der Waals surface area contributed by atoms with Crippen LogP contribution in [0.2, 0.25) is 0 Å². The molecule has 4 nitrogen and oxygen atoms in total. The second-order valence-corrected chi connectivity index (χ2v) is 5.37. The lowest BCUT2D eigenvalue weighted by atomic mass is 10.1. The van der Waals surface area contributed by atoms with Gasteiger partial charge in [-0.3, -0.25) is 9.59 Å².